The van der Waals surface area contributed by atoms with Crippen LogP contribution in [0, 0.1) is 0 Å². The third-order valence-electron chi connectivity index (χ3n) is 5.34. The highest BCUT2D eigenvalue weighted by atomic mass is 16.5. The van der Waals surface area contributed by atoms with Crippen LogP contribution in [0.4, 0.5) is 0 Å². The minimum Gasteiger partial charge on any atom is -0.493 e. The molecule has 0 fully saturated rings. The zero-order chi connectivity index (χ0) is 24.6. The lowest BCUT2D eigenvalue weighted by Crippen LogP contribution is -2.36. The van der Waals surface area contributed by atoms with E-state index in [4.69, 9.17) is 11.2 Å². The lowest BCUT2D eigenvalue weighted by Gasteiger charge is -2.28. The zero-order valence-corrected chi connectivity index (χ0v) is 19.1. The monoisotopic (exact) mass is 450 g/mol. The van der Waals surface area contributed by atoms with Gasteiger partial charge in [-0.3, -0.25) is 14.7 Å². The number of hydrogen-bond acceptors (Lipinski definition) is 4. The summed E-state index contributed by atoms with van der Waals surface area (Å²) in [4.78, 5) is 25.5. The highest BCUT2D eigenvalue weighted by molar-refractivity contribution is 5.95. The van der Waals surface area contributed by atoms with E-state index in [0.717, 1.165) is 29.5 Å². The van der Waals surface area contributed by atoms with Crippen molar-refractivity contribution in [3.05, 3.63) is 72.1 Å². The number of para-hydroxylation sites is 1. The number of aromatic amines is 1. The van der Waals surface area contributed by atoms with Crippen LogP contribution in [0.15, 0.2) is 60.9 Å². The summed E-state index contributed by atoms with van der Waals surface area (Å²) in [5, 5.41) is 15.5. The van der Waals surface area contributed by atoms with Crippen molar-refractivity contribution < 1.29 is 20.8 Å². The topological polar surface area (TPSA) is 95.5 Å². The van der Waals surface area contributed by atoms with Gasteiger partial charge in [-0.05, 0) is 56.9 Å². The average molecular weight is 451 g/mol. The zero-order valence-electron chi connectivity index (χ0n) is 20.1. The third-order valence-corrected chi connectivity index (χ3v) is 5.34. The standard InChI is InChI=1S/C26H31N3O4/c1-19(2)29(26(32)21-13-11-20(12-14-21)23-16-27-28-17-23)18-22-8-5-6-9-24(22)33-15-7-3-4-10-25(30)31/h5-6,8-9,11-14,16-17,19H,3-4,7,10,15,18H2,1-2H3,(H,27,28)(H,30,31)/i19D. The first-order chi connectivity index (χ1) is 16.3. The molecule has 33 heavy (non-hydrogen) atoms. The fourth-order valence-corrected chi connectivity index (χ4v) is 3.49. The predicted molar refractivity (Wildman–Crippen MR) is 127 cm³/mol. The van der Waals surface area contributed by atoms with Gasteiger partial charge in [0, 0.05) is 41.9 Å². The van der Waals surface area contributed by atoms with E-state index >= 15 is 0 Å². The number of rotatable bonds is 12. The molecule has 1 heterocycles. The van der Waals surface area contributed by atoms with Crippen LogP contribution in [0.3, 0.4) is 0 Å². The molecule has 174 valence electrons. The van der Waals surface area contributed by atoms with E-state index < -0.39 is 12.0 Å². The Morgan fingerprint density at radius 3 is 2.52 bits per heavy atom. The van der Waals surface area contributed by atoms with Crippen LogP contribution < -0.4 is 4.74 Å². The van der Waals surface area contributed by atoms with Crippen LogP contribution in [0.1, 0.15) is 56.8 Å². The number of carbonyl (C=O) groups is 2. The number of ether oxygens (including phenoxy) is 1. The van der Waals surface area contributed by atoms with Crippen molar-refractivity contribution >= 4 is 11.9 Å². The third kappa shape index (κ3) is 6.94. The summed E-state index contributed by atoms with van der Waals surface area (Å²) in [5.74, 6) is -0.356. The summed E-state index contributed by atoms with van der Waals surface area (Å²) < 4.78 is 14.5. The van der Waals surface area contributed by atoms with E-state index in [2.05, 4.69) is 10.2 Å². The Kier molecular flexibility index (Phi) is 8.11. The van der Waals surface area contributed by atoms with Gasteiger partial charge in [-0.25, -0.2) is 0 Å². The van der Waals surface area contributed by atoms with E-state index in [0.29, 0.717) is 24.3 Å². The van der Waals surface area contributed by atoms with Crippen LogP contribution >= 0.6 is 0 Å². The average Bonchev–Trinajstić information content (AvgIpc) is 3.34. The van der Waals surface area contributed by atoms with E-state index in [-0.39, 0.29) is 18.9 Å². The Morgan fingerprint density at radius 1 is 1.09 bits per heavy atom. The van der Waals surface area contributed by atoms with E-state index in [1.807, 2.05) is 36.4 Å². The first-order valence-electron chi connectivity index (χ1n) is 11.6. The van der Waals surface area contributed by atoms with Crippen LogP contribution in [0.2, 0.25) is 0 Å². The fraction of sp³-hybridized carbons (Fsp3) is 0.346. The Hall–Kier alpha value is -3.61. The van der Waals surface area contributed by atoms with Gasteiger partial charge in [0.25, 0.3) is 5.91 Å². The summed E-state index contributed by atoms with van der Waals surface area (Å²) in [6.45, 7) is 4.08. The van der Waals surface area contributed by atoms with Crippen molar-refractivity contribution in [2.75, 3.05) is 6.61 Å². The Balaban J connectivity index is 1.69. The van der Waals surface area contributed by atoms with Crippen LogP contribution in [-0.4, -0.2) is 44.7 Å². The predicted octanol–water partition coefficient (Wildman–Crippen LogP) is 5.15. The number of benzene rings is 2. The molecule has 0 aliphatic carbocycles. The molecule has 2 aromatic carbocycles. The Labute approximate surface area is 195 Å². The second-order valence-corrected chi connectivity index (χ2v) is 8.06. The van der Waals surface area contributed by atoms with Gasteiger partial charge in [-0.2, -0.15) is 5.10 Å². The maximum atomic E-state index is 13.4. The summed E-state index contributed by atoms with van der Waals surface area (Å²) in [5.41, 5.74) is 3.20. The highest BCUT2D eigenvalue weighted by Crippen LogP contribution is 2.24. The first kappa shape index (κ1) is 22.6. The first-order valence-corrected chi connectivity index (χ1v) is 11.1. The fourth-order valence-electron chi connectivity index (χ4n) is 3.49. The smallest absolute Gasteiger partial charge is 0.303 e. The minimum atomic E-state index is -1.15. The van der Waals surface area contributed by atoms with Gasteiger partial charge < -0.3 is 14.7 Å². The van der Waals surface area contributed by atoms with E-state index in [1.54, 1.807) is 38.4 Å². The van der Waals surface area contributed by atoms with Crippen molar-refractivity contribution in [1.82, 2.24) is 15.1 Å². The van der Waals surface area contributed by atoms with Crippen molar-refractivity contribution in [2.24, 2.45) is 0 Å². The maximum Gasteiger partial charge on any atom is 0.303 e. The molecular formula is C26H31N3O4. The van der Waals surface area contributed by atoms with Crippen molar-refractivity contribution in [2.45, 2.75) is 52.1 Å². The number of amides is 1. The lowest BCUT2D eigenvalue weighted by atomic mass is 10.1. The SMILES string of the molecule is [2H]C(C)(C)N(Cc1ccccc1OCCCCCC(=O)O)C(=O)c1ccc(-c2cn[nH]c2)cc1. The van der Waals surface area contributed by atoms with Crippen LogP contribution in [0.5, 0.6) is 5.75 Å². The van der Waals surface area contributed by atoms with E-state index in [9.17, 15) is 9.59 Å². The molecule has 0 atom stereocenters. The van der Waals surface area contributed by atoms with Gasteiger partial charge in [-0.15, -0.1) is 0 Å². The number of aromatic nitrogens is 2. The largest absolute Gasteiger partial charge is 0.493 e. The van der Waals surface area contributed by atoms with Gasteiger partial charge in [0.2, 0.25) is 0 Å². The summed E-state index contributed by atoms with van der Waals surface area (Å²) in [6.07, 6.45) is 5.81. The molecule has 7 nitrogen and oxygen atoms in total. The number of nitrogens with one attached hydrogen (secondary N) is 1. The van der Waals surface area contributed by atoms with Crippen molar-refractivity contribution in [3.63, 3.8) is 0 Å². The molecule has 3 rings (SSSR count). The molecule has 0 aliphatic heterocycles. The summed E-state index contributed by atoms with van der Waals surface area (Å²) in [7, 11) is 0. The number of carbonyl (C=O) groups excluding carboxylic acids is 1. The van der Waals surface area contributed by atoms with Crippen molar-refractivity contribution in [3.8, 4) is 16.9 Å². The van der Waals surface area contributed by atoms with Gasteiger partial charge >= 0.3 is 5.97 Å². The molecule has 0 bridgehead atoms. The molecule has 0 saturated heterocycles. The Morgan fingerprint density at radius 2 is 1.85 bits per heavy atom. The molecule has 3 aromatic rings. The molecule has 1 aromatic heterocycles. The number of carboxylic acids is 1. The molecule has 0 radical (unpaired) electrons. The van der Waals surface area contributed by atoms with Gasteiger partial charge in [0.05, 0.1) is 14.2 Å². The van der Waals surface area contributed by atoms with Crippen LogP contribution in [-0.2, 0) is 11.3 Å². The highest BCUT2D eigenvalue weighted by Gasteiger charge is 2.21. The quantitative estimate of drug-likeness (QED) is 0.372. The number of aliphatic carboxylic acids is 1. The molecule has 0 saturated carbocycles. The molecule has 7 heteroatoms. The minimum absolute atomic E-state index is 0.162. The van der Waals surface area contributed by atoms with Gasteiger partial charge in [0.1, 0.15) is 5.75 Å². The number of hydrogen-bond donors (Lipinski definition) is 2. The normalized spacial score (nSPS) is 11.6. The van der Waals surface area contributed by atoms with E-state index in [1.165, 1.54) is 4.90 Å². The molecule has 0 unspecified atom stereocenters. The molecule has 2 N–H and O–H groups in total. The molecule has 1 amide bonds. The number of nitrogens with zero attached hydrogens (tertiary/aromatic N) is 2. The number of H-pyrrole nitrogens is 1. The summed E-state index contributed by atoms with van der Waals surface area (Å²) >= 11 is 0. The molecular weight excluding hydrogens is 418 g/mol. The van der Waals surface area contributed by atoms with Crippen LogP contribution in [0.25, 0.3) is 11.1 Å². The second kappa shape index (κ2) is 11.9. The second-order valence-electron chi connectivity index (χ2n) is 8.06. The van der Waals surface area contributed by atoms with Gasteiger partial charge in [-0.1, -0.05) is 30.3 Å². The van der Waals surface area contributed by atoms with Gasteiger partial charge in [0.15, 0.2) is 0 Å². The number of carboxylic acid groups (broad SMARTS) is 1. The number of unbranched alkanes of at least 4 members (excludes halogenated alkanes) is 2. The Bertz CT molecular complexity index is 1080. The van der Waals surface area contributed by atoms with Crippen molar-refractivity contribution in [1.29, 1.82) is 0 Å². The maximum absolute atomic E-state index is 13.4. The lowest BCUT2D eigenvalue weighted by molar-refractivity contribution is -0.137. The molecule has 0 aliphatic rings. The summed E-state index contributed by atoms with van der Waals surface area (Å²) in [6, 6.07) is 13.6. The molecule has 0 spiro atoms.